The van der Waals surface area contributed by atoms with Crippen molar-refractivity contribution >= 4 is 37.4 Å². The minimum Gasteiger partial charge on any atom is -0.123 e. The Hall–Kier alpha value is -1.48. The number of hydrogen-bond donors (Lipinski definition) is 0. The summed E-state index contributed by atoms with van der Waals surface area (Å²) in [6.07, 6.45) is 0. The minimum atomic E-state index is 0.832. The molecule has 4 aromatic rings. The summed E-state index contributed by atoms with van der Waals surface area (Å²) < 4.78 is 0. The molecule has 4 rings (SSSR count). The molecule has 0 aliphatic carbocycles. The van der Waals surface area contributed by atoms with Crippen LogP contribution in [0.25, 0.3) is 31.6 Å². The second-order valence-corrected chi connectivity index (χ2v) is 7.20. The molecular weight excluding hydrogens is 254 g/mol. The van der Waals surface area contributed by atoms with Gasteiger partial charge in [-0.1, -0.05) is 48.5 Å². The monoisotopic (exact) mass is 266 g/mol. The predicted octanol–water partition coefficient (Wildman–Crippen LogP) is 5.72. The lowest BCUT2D eigenvalue weighted by Gasteiger charge is -1.88. The van der Waals surface area contributed by atoms with E-state index in [0.717, 1.165) is 16.4 Å². The molecule has 0 N–H and O–H groups in total. The van der Waals surface area contributed by atoms with Gasteiger partial charge >= 0.3 is 0 Å². The zero-order valence-electron chi connectivity index (χ0n) is 9.77. The van der Waals surface area contributed by atoms with Crippen LogP contribution in [0.3, 0.4) is 0 Å². The van der Waals surface area contributed by atoms with Gasteiger partial charge < -0.3 is 0 Å². The summed E-state index contributed by atoms with van der Waals surface area (Å²) in [6, 6.07) is 22.2. The molecule has 0 saturated heterocycles. The molecular formula is C16H12P2. The van der Waals surface area contributed by atoms with Crippen LogP contribution in [0.5, 0.6) is 0 Å². The summed E-state index contributed by atoms with van der Waals surface area (Å²) in [5, 5.41) is 8.87. The first-order valence-electron chi connectivity index (χ1n) is 6.06. The van der Waals surface area contributed by atoms with Crippen LogP contribution >= 0.6 is 16.4 Å². The summed E-state index contributed by atoms with van der Waals surface area (Å²) in [6.45, 7) is 0. The first-order chi connectivity index (χ1) is 8.90. The van der Waals surface area contributed by atoms with Gasteiger partial charge in [0.2, 0.25) is 0 Å². The summed E-state index contributed by atoms with van der Waals surface area (Å²) in [5.74, 6) is 0. The third-order valence-electron chi connectivity index (χ3n) is 3.35. The van der Waals surface area contributed by atoms with Crippen LogP contribution in [0.15, 0.2) is 60.7 Å². The number of benzene rings is 2. The van der Waals surface area contributed by atoms with Gasteiger partial charge in [0.25, 0.3) is 0 Å². The summed E-state index contributed by atoms with van der Waals surface area (Å²) in [5.41, 5.74) is 0. The van der Waals surface area contributed by atoms with E-state index in [-0.39, 0.29) is 0 Å². The molecule has 0 amide bonds. The van der Waals surface area contributed by atoms with Gasteiger partial charge in [-0.15, -0.1) is 16.4 Å². The maximum Gasteiger partial charge on any atom is 0.00314 e. The van der Waals surface area contributed by atoms with Gasteiger partial charge in [0.15, 0.2) is 0 Å². The molecule has 0 nitrogen and oxygen atoms in total. The van der Waals surface area contributed by atoms with Crippen molar-refractivity contribution in [2.75, 3.05) is 0 Å². The van der Waals surface area contributed by atoms with E-state index in [1.165, 1.54) is 31.6 Å². The molecule has 2 aromatic carbocycles. The summed E-state index contributed by atoms with van der Waals surface area (Å²) in [7, 11) is 1.66. The smallest absolute Gasteiger partial charge is 0.00314 e. The topological polar surface area (TPSA) is 0 Å². The van der Waals surface area contributed by atoms with E-state index in [0.29, 0.717) is 0 Å². The Morgan fingerprint density at radius 1 is 0.556 bits per heavy atom. The van der Waals surface area contributed by atoms with Crippen LogP contribution in [-0.2, 0) is 0 Å². The molecule has 2 heteroatoms. The molecule has 0 fully saturated rings. The second-order valence-electron chi connectivity index (χ2n) is 4.54. The number of hydrogen-bond acceptors (Lipinski definition) is 0. The molecule has 86 valence electrons. The van der Waals surface area contributed by atoms with Gasteiger partial charge in [-0.3, -0.25) is 0 Å². The van der Waals surface area contributed by atoms with Gasteiger partial charge in [0, 0.05) is 10.6 Å². The Morgan fingerprint density at radius 2 is 1.00 bits per heavy atom. The van der Waals surface area contributed by atoms with Gasteiger partial charge in [-0.2, -0.15) is 0 Å². The van der Waals surface area contributed by atoms with E-state index in [2.05, 4.69) is 60.7 Å². The number of fused-ring (bicyclic) bond motifs is 2. The second kappa shape index (κ2) is 4.02. The van der Waals surface area contributed by atoms with Crippen molar-refractivity contribution in [3.63, 3.8) is 0 Å². The van der Waals surface area contributed by atoms with Gasteiger partial charge in [-0.25, -0.2) is 0 Å². The van der Waals surface area contributed by atoms with Crippen LogP contribution in [0, 0.1) is 0 Å². The highest BCUT2D eigenvalue weighted by atomic mass is 31.0. The maximum absolute atomic E-state index is 2.37. The van der Waals surface area contributed by atoms with Crippen molar-refractivity contribution in [3.8, 4) is 10.6 Å². The molecule has 0 aliphatic rings. The van der Waals surface area contributed by atoms with Crippen LogP contribution in [0.4, 0.5) is 0 Å². The standard InChI is InChI=1S/C16H12P2/c1-3-7-13-11(5-1)9-15(17-13)16-10-12-6-2-4-8-14(12)18-16/h1-10,17-18H. The Kier molecular flexibility index (Phi) is 2.33. The highest BCUT2D eigenvalue weighted by molar-refractivity contribution is 7.46. The molecule has 18 heavy (non-hydrogen) atoms. The highest BCUT2D eigenvalue weighted by Crippen LogP contribution is 2.44. The maximum atomic E-state index is 2.37. The van der Waals surface area contributed by atoms with Crippen LogP contribution in [-0.4, -0.2) is 0 Å². The lowest BCUT2D eigenvalue weighted by molar-refractivity contribution is 1.85. The lowest BCUT2D eigenvalue weighted by atomic mass is 10.2. The Labute approximate surface area is 109 Å². The third kappa shape index (κ3) is 1.62. The quantitative estimate of drug-likeness (QED) is 0.413. The van der Waals surface area contributed by atoms with Crippen molar-refractivity contribution in [2.45, 2.75) is 0 Å². The Morgan fingerprint density at radius 3 is 1.44 bits per heavy atom. The zero-order valence-corrected chi connectivity index (χ0v) is 11.8. The lowest BCUT2D eigenvalue weighted by Crippen LogP contribution is -1.59. The molecule has 0 aliphatic heterocycles. The average molecular weight is 266 g/mol. The predicted molar refractivity (Wildman–Crippen MR) is 85.9 cm³/mol. The minimum absolute atomic E-state index is 0.832. The van der Waals surface area contributed by atoms with Gasteiger partial charge in [0.1, 0.15) is 0 Å². The van der Waals surface area contributed by atoms with E-state index in [1.54, 1.807) is 0 Å². The van der Waals surface area contributed by atoms with E-state index in [9.17, 15) is 0 Å². The summed E-state index contributed by atoms with van der Waals surface area (Å²) in [4.78, 5) is 0. The largest absolute Gasteiger partial charge is 0.123 e. The van der Waals surface area contributed by atoms with Crippen molar-refractivity contribution < 1.29 is 0 Å². The third-order valence-corrected chi connectivity index (χ3v) is 6.42. The summed E-state index contributed by atoms with van der Waals surface area (Å²) >= 11 is 0. The van der Waals surface area contributed by atoms with Crippen LogP contribution in [0.1, 0.15) is 0 Å². The van der Waals surface area contributed by atoms with Gasteiger partial charge in [-0.05, 0) is 33.1 Å². The molecule has 2 aromatic heterocycles. The molecule has 2 atom stereocenters. The fourth-order valence-electron chi connectivity index (χ4n) is 2.44. The van der Waals surface area contributed by atoms with E-state index in [1.807, 2.05) is 0 Å². The normalized spacial score (nSPS) is 12.2. The average Bonchev–Trinajstić information content (AvgIpc) is 3.02. The van der Waals surface area contributed by atoms with Gasteiger partial charge in [0.05, 0.1) is 0 Å². The molecule has 0 spiro atoms. The zero-order chi connectivity index (χ0) is 11.9. The first-order valence-corrected chi connectivity index (χ1v) is 8.06. The first kappa shape index (κ1) is 10.4. The number of rotatable bonds is 1. The Bertz CT molecular complexity index is 698. The Balaban J connectivity index is 1.95. The van der Waals surface area contributed by atoms with Crippen LogP contribution < -0.4 is 0 Å². The fraction of sp³-hybridized carbons (Fsp3) is 0. The molecule has 0 saturated carbocycles. The molecule has 0 radical (unpaired) electrons. The molecule has 2 unspecified atom stereocenters. The van der Waals surface area contributed by atoms with Crippen LogP contribution in [0.2, 0.25) is 0 Å². The van der Waals surface area contributed by atoms with E-state index < -0.39 is 0 Å². The fourth-order valence-corrected chi connectivity index (χ4v) is 5.22. The SMILES string of the molecule is c1ccc2[pH]c(-c3cc4ccccc4[pH]3)cc2c1. The molecule has 0 bridgehead atoms. The van der Waals surface area contributed by atoms with E-state index >= 15 is 0 Å². The van der Waals surface area contributed by atoms with Crippen molar-refractivity contribution in [3.05, 3.63) is 60.7 Å². The van der Waals surface area contributed by atoms with Crippen molar-refractivity contribution in [1.29, 1.82) is 0 Å². The molecule has 2 heterocycles. The highest BCUT2D eigenvalue weighted by Gasteiger charge is 2.05. The van der Waals surface area contributed by atoms with E-state index in [4.69, 9.17) is 0 Å². The van der Waals surface area contributed by atoms with Crippen molar-refractivity contribution in [2.24, 2.45) is 0 Å². The van der Waals surface area contributed by atoms with Crippen molar-refractivity contribution in [1.82, 2.24) is 0 Å².